The van der Waals surface area contributed by atoms with E-state index in [2.05, 4.69) is 5.32 Å². The minimum absolute atomic E-state index is 0.352. The molecule has 1 aliphatic rings. The van der Waals surface area contributed by atoms with E-state index in [1.165, 1.54) is 6.92 Å². The molecule has 1 aliphatic heterocycles. The standard InChI is InChI=1S/C13H25NO7/c1-8(16)14-10-12(18)11(17)9(7-15)21-13(10)20-6-4-3-5-19-2/h9-13,15,17-18H,3-7H2,1-2H3,(H,14,16)/t9?,10?,11-,12?,13+/m0/s1. The maximum Gasteiger partial charge on any atom is 0.217 e. The highest BCUT2D eigenvalue weighted by Crippen LogP contribution is 2.22. The highest BCUT2D eigenvalue weighted by atomic mass is 16.7. The molecule has 124 valence electrons. The van der Waals surface area contributed by atoms with Crippen LogP contribution in [-0.2, 0) is 19.0 Å². The van der Waals surface area contributed by atoms with E-state index in [1.807, 2.05) is 0 Å². The van der Waals surface area contributed by atoms with Crippen LogP contribution in [0.15, 0.2) is 0 Å². The highest BCUT2D eigenvalue weighted by Gasteiger charge is 2.45. The number of aliphatic hydroxyl groups excluding tert-OH is 3. The quantitative estimate of drug-likeness (QED) is 0.398. The number of amides is 1. The van der Waals surface area contributed by atoms with Crippen molar-refractivity contribution >= 4 is 5.91 Å². The number of rotatable bonds is 8. The van der Waals surface area contributed by atoms with Gasteiger partial charge in [-0.15, -0.1) is 0 Å². The summed E-state index contributed by atoms with van der Waals surface area (Å²) in [5, 5.41) is 31.5. The second-order valence-electron chi connectivity index (χ2n) is 5.00. The number of hydrogen-bond acceptors (Lipinski definition) is 7. The van der Waals surface area contributed by atoms with Crippen molar-refractivity contribution in [1.29, 1.82) is 0 Å². The Bertz CT molecular complexity index is 315. The summed E-state index contributed by atoms with van der Waals surface area (Å²) in [5.41, 5.74) is 0. The van der Waals surface area contributed by atoms with Gasteiger partial charge in [0, 0.05) is 27.2 Å². The molecule has 0 aromatic carbocycles. The number of methoxy groups -OCH3 is 1. The molecule has 0 bridgehead atoms. The first kappa shape index (κ1) is 18.3. The largest absolute Gasteiger partial charge is 0.394 e. The van der Waals surface area contributed by atoms with Gasteiger partial charge < -0.3 is 34.8 Å². The first-order valence-corrected chi connectivity index (χ1v) is 7.01. The van der Waals surface area contributed by atoms with Gasteiger partial charge in [0.15, 0.2) is 6.29 Å². The third-order valence-corrected chi connectivity index (χ3v) is 3.28. The molecular weight excluding hydrogens is 282 g/mol. The average molecular weight is 307 g/mol. The summed E-state index contributed by atoms with van der Waals surface area (Å²) in [4.78, 5) is 11.2. The molecule has 21 heavy (non-hydrogen) atoms. The maximum atomic E-state index is 11.2. The van der Waals surface area contributed by atoms with Crippen molar-refractivity contribution in [3.8, 4) is 0 Å². The molecule has 4 N–H and O–H groups in total. The monoisotopic (exact) mass is 307 g/mol. The van der Waals surface area contributed by atoms with Crippen LogP contribution in [0.25, 0.3) is 0 Å². The predicted molar refractivity (Wildman–Crippen MR) is 72.4 cm³/mol. The molecule has 0 spiro atoms. The smallest absolute Gasteiger partial charge is 0.217 e. The van der Waals surface area contributed by atoms with Crippen LogP contribution in [0.1, 0.15) is 19.8 Å². The van der Waals surface area contributed by atoms with Crippen molar-refractivity contribution < 1.29 is 34.3 Å². The molecule has 8 nitrogen and oxygen atoms in total. The first-order valence-electron chi connectivity index (χ1n) is 7.01. The Morgan fingerprint density at radius 3 is 2.48 bits per heavy atom. The van der Waals surface area contributed by atoms with Gasteiger partial charge in [-0.2, -0.15) is 0 Å². The van der Waals surface area contributed by atoms with Crippen LogP contribution < -0.4 is 5.32 Å². The van der Waals surface area contributed by atoms with Crippen LogP contribution in [0.5, 0.6) is 0 Å². The lowest BCUT2D eigenvalue weighted by atomic mass is 9.97. The molecule has 0 aliphatic carbocycles. The zero-order valence-corrected chi connectivity index (χ0v) is 12.4. The van der Waals surface area contributed by atoms with Crippen LogP contribution >= 0.6 is 0 Å². The Morgan fingerprint density at radius 2 is 1.90 bits per heavy atom. The van der Waals surface area contributed by atoms with Gasteiger partial charge in [-0.25, -0.2) is 0 Å². The van der Waals surface area contributed by atoms with E-state index in [1.54, 1.807) is 7.11 Å². The van der Waals surface area contributed by atoms with Crippen LogP contribution in [0, 0.1) is 0 Å². The maximum absolute atomic E-state index is 11.2. The zero-order valence-electron chi connectivity index (χ0n) is 12.4. The van der Waals surface area contributed by atoms with Crippen molar-refractivity contribution in [2.45, 2.75) is 50.4 Å². The third-order valence-electron chi connectivity index (χ3n) is 3.28. The van der Waals surface area contributed by atoms with E-state index in [9.17, 15) is 15.0 Å². The number of nitrogens with one attached hydrogen (secondary N) is 1. The fourth-order valence-corrected chi connectivity index (χ4v) is 2.16. The molecule has 8 heteroatoms. The lowest BCUT2D eigenvalue weighted by Crippen LogP contribution is -2.64. The molecule has 3 unspecified atom stereocenters. The lowest BCUT2D eigenvalue weighted by molar-refractivity contribution is -0.270. The summed E-state index contributed by atoms with van der Waals surface area (Å²) >= 11 is 0. The Labute approximate surface area is 124 Å². The van der Waals surface area contributed by atoms with Crippen molar-refractivity contribution in [3.05, 3.63) is 0 Å². The summed E-state index contributed by atoms with van der Waals surface area (Å²) < 4.78 is 15.9. The van der Waals surface area contributed by atoms with Crippen molar-refractivity contribution in [1.82, 2.24) is 5.32 Å². The van der Waals surface area contributed by atoms with E-state index in [0.29, 0.717) is 13.2 Å². The van der Waals surface area contributed by atoms with E-state index in [0.717, 1.165) is 12.8 Å². The van der Waals surface area contributed by atoms with E-state index < -0.39 is 37.3 Å². The normalized spacial score (nSPS) is 32.9. The van der Waals surface area contributed by atoms with E-state index in [-0.39, 0.29) is 5.91 Å². The van der Waals surface area contributed by atoms with Gasteiger partial charge in [0.2, 0.25) is 5.91 Å². The minimum Gasteiger partial charge on any atom is -0.394 e. The highest BCUT2D eigenvalue weighted by molar-refractivity contribution is 5.73. The van der Waals surface area contributed by atoms with Crippen molar-refractivity contribution in [2.24, 2.45) is 0 Å². The fourth-order valence-electron chi connectivity index (χ4n) is 2.16. The minimum atomic E-state index is -1.29. The zero-order chi connectivity index (χ0) is 15.8. The van der Waals surface area contributed by atoms with Crippen LogP contribution in [0.3, 0.4) is 0 Å². The van der Waals surface area contributed by atoms with Gasteiger partial charge in [-0.1, -0.05) is 0 Å². The van der Waals surface area contributed by atoms with Gasteiger partial charge in [-0.05, 0) is 12.8 Å². The van der Waals surface area contributed by atoms with Gasteiger partial charge in [0.1, 0.15) is 24.4 Å². The van der Waals surface area contributed by atoms with Gasteiger partial charge in [0.05, 0.1) is 6.61 Å². The molecule has 1 rings (SSSR count). The molecule has 1 saturated heterocycles. The summed E-state index contributed by atoms with van der Waals surface area (Å²) in [6.07, 6.45) is -2.91. The SMILES string of the molecule is COCCCCO[C@@H]1OC(CO)[C@H](O)C(O)C1NC(C)=O. The number of unbranched alkanes of at least 4 members (excludes halogenated alkanes) is 1. The summed E-state index contributed by atoms with van der Waals surface area (Å²) in [7, 11) is 1.61. The predicted octanol–water partition coefficient (Wildman–Crippen LogP) is -1.63. The van der Waals surface area contributed by atoms with E-state index >= 15 is 0 Å². The molecular formula is C13H25NO7. The molecule has 1 fully saturated rings. The van der Waals surface area contributed by atoms with Crippen LogP contribution in [0.2, 0.25) is 0 Å². The molecule has 5 atom stereocenters. The van der Waals surface area contributed by atoms with Crippen molar-refractivity contribution in [3.63, 3.8) is 0 Å². The third kappa shape index (κ3) is 5.50. The summed E-state index contributed by atoms with van der Waals surface area (Å²) in [5.74, 6) is -0.370. The van der Waals surface area contributed by atoms with Gasteiger partial charge >= 0.3 is 0 Å². The summed E-state index contributed by atoms with van der Waals surface area (Å²) in [6.45, 7) is 1.82. The topological polar surface area (TPSA) is 117 Å². The molecule has 0 aromatic rings. The molecule has 0 saturated carbocycles. The number of ether oxygens (including phenoxy) is 3. The Morgan fingerprint density at radius 1 is 1.24 bits per heavy atom. The second kappa shape index (κ2) is 9.29. The van der Waals surface area contributed by atoms with Gasteiger partial charge in [-0.3, -0.25) is 4.79 Å². The van der Waals surface area contributed by atoms with Crippen molar-refractivity contribution in [2.75, 3.05) is 26.9 Å². The Hall–Kier alpha value is -0.770. The van der Waals surface area contributed by atoms with Crippen LogP contribution in [-0.4, -0.2) is 78.8 Å². The second-order valence-corrected chi connectivity index (χ2v) is 5.00. The Balaban J connectivity index is 2.58. The Kier molecular flexibility index (Phi) is 8.09. The number of carbonyl (C=O) groups excluding carboxylic acids is 1. The molecule has 0 radical (unpaired) electrons. The van der Waals surface area contributed by atoms with Gasteiger partial charge in [0.25, 0.3) is 0 Å². The summed E-state index contributed by atoms with van der Waals surface area (Å²) in [6, 6.07) is -0.886. The molecule has 1 amide bonds. The van der Waals surface area contributed by atoms with Crippen LogP contribution in [0.4, 0.5) is 0 Å². The lowest BCUT2D eigenvalue weighted by Gasteiger charge is -2.42. The van der Waals surface area contributed by atoms with E-state index in [4.69, 9.17) is 19.3 Å². The first-order chi connectivity index (χ1) is 10.0. The number of carbonyl (C=O) groups is 1. The fraction of sp³-hybridized carbons (Fsp3) is 0.923. The number of aliphatic hydroxyl groups is 3. The number of hydrogen-bond donors (Lipinski definition) is 4. The average Bonchev–Trinajstić information content (AvgIpc) is 2.45. The molecule has 1 heterocycles. The molecule has 0 aromatic heterocycles.